The summed E-state index contributed by atoms with van der Waals surface area (Å²) < 4.78 is 51.9. The van der Waals surface area contributed by atoms with Crippen LogP contribution in [0.25, 0.3) is 0 Å². The summed E-state index contributed by atoms with van der Waals surface area (Å²) in [5, 5.41) is 6.32. The van der Waals surface area contributed by atoms with Crippen molar-refractivity contribution >= 4 is 43.8 Å². The largest absolute Gasteiger partial charge is 0.452 e. The average molecular weight is 788 g/mol. The molecule has 0 fully saturated rings. The number of nitrogens with one attached hydrogen (secondary N) is 2. The Morgan fingerprint density at radius 2 is 1.02 bits per heavy atom. The van der Waals surface area contributed by atoms with Crippen LogP contribution in [0.2, 0.25) is 0 Å². The summed E-state index contributed by atoms with van der Waals surface area (Å²) >= 11 is 6.69. The third kappa shape index (κ3) is 10.7. The normalized spacial score (nSPS) is 12.4. The van der Waals surface area contributed by atoms with E-state index in [0.29, 0.717) is 21.8 Å². The van der Waals surface area contributed by atoms with Gasteiger partial charge >= 0.3 is 11.9 Å². The van der Waals surface area contributed by atoms with Crippen LogP contribution >= 0.6 is 31.9 Å². The summed E-state index contributed by atoms with van der Waals surface area (Å²) in [6.07, 6.45) is 3.12. The average Bonchev–Trinajstić information content (AvgIpc) is 3.05. The maximum absolute atomic E-state index is 14.0. The predicted molar refractivity (Wildman–Crippen MR) is 186 cm³/mol. The van der Waals surface area contributed by atoms with Crippen LogP contribution in [0.5, 0.6) is 34.5 Å². The van der Waals surface area contributed by atoms with Gasteiger partial charge in [-0.2, -0.15) is 0 Å². The molecule has 0 aromatic heterocycles. The number of esters is 2. The van der Waals surface area contributed by atoms with Gasteiger partial charge in [0.1, 0.15) is 23.1 Å². The number of likely N-dealkylation sites (N-methyl/N-ethyl adjacent to an activating group) is 2. The highest BCUT2D eigenvalue weighted by Gasteiger charge is 2.17. The molecule has 2 atom stereocenters. The van der Waals surface area contributed by atoms with Crippen molar-refractivity contribution in [2.24, 2.45) is 0 Å². The number of benzene rings is 4. The van der Waals surface area contributed by atoms with Crippen LogP contribution < -0.4 is 29.6 Å². The summed E-state index contributed by atoms with van der Waals surface area (Å²) in [6.45, 7) is 4.02. The van der Waals surface area contributed by atoms with Crippen molar-refractivity contribution in [1.82, 2.24) is 10.6 Å². The lowest BCUT2D eigenvalue weighted by Crippen LogP contribution is -2.23. The van der Waals surface area contributed by atoms with Gasteiger partial charge in [-0.25, -0.2) is 18.4 Å². The molecule has 12 heteroatoms. The SMILES string of the molecule is CNC(C)Cc1ccc(OC(=O)/C=C/C(=O)Oc2ccc(CC(C)NC)cc2Oc2cc(F)ccc2Br)c(Oc2cc(F)ccc2Br)c1. The molecule has 0 aliphatic carbocycles. The van der Waals surface area contributed by atoms with Crippen LogP contribution in [0.15, 0.2) is 93.9 Å². The van der Waals surface area contributed by atoms with Crippen molar-refractivity contribution in [2.45, 2.75) is 38.8 Å². The molecule has 4 aromatic carbocycles. The third-order valence-electron chi connectivity index (χ3n) is 7.09. The van der Waals surface area contributed by atoms with Crippen LogP contribution in [0, 0.1) is 11.6 Å². The predicted octanol–water partition coefficient (Wildman–Crippen LogP) is 8.44. The van der Waals surface area contributed by atoms with E-state index in [1.807, 2.05) is 27.9 Å². The topological polar surface area (TPSA) is 95.1 Å². The standard InChI is InChI=1S/C36H34Br2F2N2O6/c1-21(41-3)15-23-5-11-29(33(17-23)45-31-19-25(39)7-9-27(31)37)47-35(43)13-14-36(44)48-30-12-6-24(16-22(2)42-4)18-34(30)46-32-20-26(40)8-10-28(32)38/h5-14,17-22,41-42H,15-16H2,1-4H3/b14-13+. The molecule has 0 aliphatic heterocycles. The number of rotatable bonds is 14. The molecule has 48 heavy (non-hydrogen) atoms. The van der Waals surface area contributed by atoms with Crippen molar-refractivity contribution in [1.29, 1.82) is 0 Å². The zero-order valence-corrected chi connectivity index (χ0v) is 29.8. The Bertz CT molecular complexity index is 1670. The molecule has 0 aliphatic rings. The molecule has 0 bridgehead atoms. The molecule has 4 aromatic rings. The van der Waals surface area contributed by atoms with Crippen molar-refractivity contribution in [3.05, 3.63) is 117 Å². The Kier molecular flexibility index (Phi) is 13.3. The Hall–Kier alpha value is -4.10. The fraction of sp³-hybridized carbons (Fsp3) is 0.222. The van der Waals surface area contributed by atoms with E-state index in [1.165, 1.54) is 36.4 Å². The lowest BCUT2D eigenvalue weighted by molar-refractivity contribution is -0.131. The minimum absolute atomic E-state index is 0.0535. The summed E-state index contributed by atoms with van der Waals surface area (Å²) in [7, 11) is 3.69. The van der Waals surface area contributed by atoms with E-state index in [4.69, 9.17) is 18.9 Å². The molecule has 252 valence electrons. The summed E-state index contributed by atoms with van der Waals surface area (Å²) in [5.41, 5.74) is 1.76. The van der Waals surface area contributed by atoms with Crippen LogP contribution in [0.3, 0.4) is 0 Å². The van der Waals surface area contributed by atoms with Gasteiger partial charge in [-0.15, -0.1) is 0 Å². The van der Waals surface area contributed by atoms with Crippen molar-refractivity contribution in [3.63, 3.8) is 0 Å². The monoisotopic (exact) mass is 786 g/mol. The van der Waals surface area contributed by atoms with Crippen molar-refractivity contribution in [2.75, 3.05) is 14.1 Å². The van der Waals surface area contributed by atoms with E-state index in [9.17, 15) is 18.4 Å². The van der Waals surface area contributed by atoms with E-state index in [-0.39, 0.29) is 46.6 Å². The van der Waals surface area contributed by atoms with Gasteiger partial charge in [0.2, 0.25) is 0 Å². The van der Waals surface area contributed by atoms with Gasteiger partial charge in [0.15, 0.2) is 23.0 Å². The van der Waals surface area contributed by atoms with Gasteiger partial charge < -0.3 is 29.6 Å². The number of carbonyl (C=O) groups excluding carboxylic acids is 2. The number of hydrogen-bond donors (Lipinski definition) is 2. The smallest absolute Gasteiger partial charge is 0.336 e. The number of ether oxygens (including phenoxy) is 4. The molecule has 2 N–H and O–H groups in total. The molecular weight excluding hydrogens is 754 g/mol. The Labute approximate surface area is 294 Å². The molecule has 0 heterocycles. The third-order valence-corrected chi connectivity index (χ3v) is 8.40. The Morgan fingerprint density at radius 1 is 0.625 bits per heavy atom. The van der Waals surface area contributed by atoms with Crippen LogP contribution in [-0.2, 0) is 22.4 Å². The minimum Gasteiger partial charge on any atom is -0.452 e. The summed E-state index contributed by atoms with van der Waals surface area (Å²) in [4.78, 5) is 25.7. The first-order valence-corrected chi connectivity index (χ1v) is 16.5. The Morgan fingerprint density at radius 3 is 1.40 bits per heavy atom. The zero-order chi connectivity index (χ0) is 34.8. The lowest BCUT2D eigenvalue weighted by Gasteiger charge is -2.15. The molecule has 4 rings (SSSR count). The van der Waals surface area contributed by atoms with Crippen LogP contribution in [0.4, 0.5) is 8.78 Å². The summed E-state index contributed by atoms with van der Waals surface area (Å²) in [6, 6.07) is 18.3. The maximum Gasteiger partial charge on any atom is 0.336 e. The van der Waals surface area contributed by atoms with Gasteiger partial charge in [0.25, 0.3) is 0 Å². The number of hydrogen-bond acceptors (Lipinski definition) is 8. The maximum atomic E-state index is 14.0. The molecule has 8 nitrogen and oxygen atoms in total. The highest BCUT2D eigenvalue weighted by atomic mass is 79.9. The van der Waals surface area contributed by atoms with E-state index in [2.05, 4.69) is 42.5 Å². The van der Waals surface area contributed by atoms with E-state index < -0.39 is 23.6 Å². The molecule has 0 saturated heterocycles. The summed E-state index contributed by atoms with van der Waals surface area (Å²) in [5.74, 6) is -1.98. The van der Waals surface area contributed by atoms with Gasteiger partial charge in [0, 0.05) is 36.4 Å². The van der Waals surface area contributed by atoms with E-state index in [0.717, 1.165) is 23.3 Å². The molecule has 0 radical (unpaired) electrons. The first-order valence-electron chi connectivity index (χ1n) is 14.9. The van der Waals surface area contributed by atoms with Gasteiger partial charge in [-0.3, -0.25) is 0 Å². The van der Waals surface area contributed by atoms with Crippen LogP contribution in [-0.4, -0.2) is 38.1 Å². The molecule has 0 spiro atoms. The fourth-order valence-corrected chi connectivity index (χ4v) is 5.02. The zero-order valence-electron chi connectivity index (χ0n) is 26.6. The quantitative estimate of drug-likeness (QED) is 0.0748. The highest BCUT2D eigenvalue weighted by Crippen LogP contribution is 2.38. The van der Waals surface area contributed by atoms with Crippen molar-refractivity contribution in [3.8, 4) is 34.5 Å². The molecular formula is C36H34Br2F2N2O6. The molecule has 0 saturated carbocycles. The number of carbonyl (C=O) groups is 2. The first kappa shape index (κ1) is 36.7. The minimum atomic E-state index is -0.886. The Balaban J connectivity index is 1.52. The molecule has 0 amide bonds. The van der Waals surface area contributed by atoms with E-state index >= 15 is 0 Å². The highest BCUT2D eigenvalue weighted by molar-refractivity contribution is 9.10. The van der Waals surface area contributed by atoms with Crippen LogP contribution in [0.1, 0.15) is 25.0 Å². The second-order valence-electron chi connectivity index (χ2n) is 10.9. The van der Waals surface area contributed by atoms with Gasteiger partial charge in [0.05, 0.1) is 8.95 Å². The second-order valence-corrected chi connectivity index (χ2v) is 12.6. The number of halogens is 4. The second kappa shape index (κ2) is 17.3. The first-order chi connectivity index (χ1) is 22.9. The lowest BCUT2D eigenvalue weighted by atomic mass is 10.1. The van der Waals surface area contributed by atoms with Gasteiger partial charge in [-0.05, 0) is 132 Å². The van der Waals surface area contributed by atoms with Gasteiger partial charge in [-0.1, -0.05) is 12.1 Å². The van der Waals surface area contributed by atoms with Crippen molar-refractivity contribution < 1.29 is 37.3 Å². The van der Waals surface area contributed by atoms with E-state index in [1.54, 1.807) is 36.4 Å². The molecule has 2 unspecified atom stereocenters. The fourth-order valence-electron chi connectivity index (χ4n) is 4.37.